The van der Waals surface area contributed by atoms with E-state index in [1.807, 2.05) is 53.7 Å². The van der Waals surface area contributed by atoms with E-state index in [9.17, 15) is 9.90 Å². The number of carbonyl (C=O) groups is 1. The highest BCUT2D eigenvalue weighted by Gasteiger charge is 2.28. The van der Waals surface area contributed by atoms with Gasteiger partial charge in [-0.25, -0.2) is 0 Å². The van der Waals surface area contributed by atoms with Crippen LogP contribution in [0.1, 0.15) is 59.6 Å². The predicted molar refractivity (Wildman–Crippen MR) is 76.8 cm³/mol. The molecular formula is C16H24O3. The van der Waals surface area contributed by atoms with E-state index in [2.05, 4.69) is 0 Å². The smallest absolute Gasteiger partial charge is 0.308 e. The molecule has 0 aromatic heterocycles. The van der Waals surface area contributed by atoms with Crippen LogP contribution in [0.3, 0.4) is 0 Å². The molecule has 1 aromatic rings. The average molecular weight is 264 g/mol. The van der Waals surface area contributed by atoms with Crippen molar-refractivity contribution in [2.24, 2.45) is 0 Å². The first-order valence-corrected chi connectivity index (χ1v) is 6.50. The van der Waals surface area contributed by atoms with Crippen LogP contribution in [0.25, 0.3) is 0 Å². The molecule has 0 bridgehead atoms. The fourth-order valence-electron chi connectivity index (χ4n) is 2.01. The summed E-state index contributed by atoms with van der Waals surface area (Å²) in [7, 11) is 0. The van der Waals surface area contributed by atoms with Crippen molar-refractivity contribution < 1.29 is 14.6 Å². The normalized spacial score (nSPS) is 12.4. The monoisotopic (exact) mass is 264 g/mol. The van der Waals surface area contributed by atoms with Gasteiger partial charge < -0.3 is 9.84 Å². The Hall–Kier alpha value is -1.51. The fourth-order valence-corrected chi connectivity index (χ4v) is 2.01. The van der Waals surface area contributed by atoms with Crippen molar-refractivity contribution >= 4 is 5.97 Å². The maximum absolute atomic E-state index is 11.3. The van der Waals surface area contributed by atoms with Crippen LogP contribution in [-0.4, -0.2) is 11.1 Å². The second-order valence-corrected chi connectivity index (χ2v) is 6.93. The Morgan fingerprint density at radius 1 is 1.00 bits per heavy atom. The third kappa shape index (κ3) is 3.49. The molecule has 0 saturated carbocycles. The van der Waals surface area contributed by atoms with Gasteiger partial charge in [0.1, 0.15) is 0 Å². The highest BCUT2D eigenvalue weighted by atomic mass is 16.5. The van der Waals surface area contributed by atoms with Crippen LogP contribution in [0, 0.1) is 0 Å². The Kier molecular flexibility index (Phi) is 3.99. The lowest BCUT2D eigenvalue weighted by Gasteiger charge is -2.27. The zero-order chi connectivity index (χ0) is 15.0. The zero-order valence-corrected chi connectivity index (χ0v) is 12.9. The maximum atomic E-state index is 11.3. The van der Waals surface area contributed by atoms with Crippen LogP contribution in [0.15, 0.2) is 12.1 Å². The minimum absolute atomic E-state index is 0.0649. The van der Waals surface area contributed by atoms with E-state index < -0.39 is 5.97 Å². The second-order valence-electron chi connectivity index (χ2n) is 6.93. The van der Waals surface area contributed by atoms with Crippen LogP contribution in [0.4, 0.5) is 0 Å². The molecule has 0 atom stereocenters. The van der Waals surface area contributed by atoms with Crippen molar-refractivity contribution in [3.05, 3.63) is 23.3 Å². The third-order valence-corrected chi connectivity index (χ3v) is 2.99. The molecule has 0 saturated heterocycles. The first kappa shape index (κ1) is 15.5. The first-order chi connectivity index (χ1) is 8.44. The number of phenols is 1. The summed E-state index contributed by atoms with van der Waals surface area (Å²) < 4.78 is 5.25. The van der Waals surface area contributed by atoms with Crippen molar-refractivity contribution in [3.8, 4) is 11.5 Å². The minimum atomic E-state index is -0.424. The second kappa shape index (κ2) is 4.87. The molecule has 0 aliphatic rings. The fraction of sp³-hybridized carbons (Fsp3) is 0.562. The molecule has 1 N–H and O–H groups in total. The number of hydrogen-bond acceptors (Lipinski definition) is 3. The van der Waals surface area contributed by atoms with Gasteiger partial charge in [-0.3, -0.25) is 4.79 Å². The molecule has 19 heavy (non-hydrogen) atoms. The SMILES string of the molecule is CC(=O)Oc1c(C(C)(C)C)ccc(C(C)(C)C)c1O. The van der Waals surface area contributed by atoms with Gasteiger partial charge in [0.05, 0.1) is 0 Å². The molecule has 0 aliphatic heterocycles. The number of phenolic OH excluding ortho intramolecular Hbond substituents is 1. The molecule has 1 aromatic carbocycles. The standard InChI is InChI=1S/C16H24O3/c1-10(17)19-14-12(16(5,6)7)9-8-11(13(14)18)15(2,3)4/h8-9,18H,1-7H3. The van der Waals surface area contributed by atoms with E-state index in [4.69, 9.17) is 4.74 Å². The summed E-state index contributed by atoms with van der Waals surface area (Å²) in [6.45, 7) is 13.4. The van der Waals surface area contributed by atoms with Crippen molar-refractivity contribution in [1.82, 2.24) is 0 Å². The Balaban J connectivity index is 3.54. The van der Waals surface area contributed by atoms with Crippen LogP contribution >= 0.6 is 0 Å². The number of aromatic hydroxyl groups is 1. The topological polar surface area (TPSA) is 46.5 Å². The van der Waals surface area contributed by atoms with Crippen LogP contribution < -0.4 is 4.74 Å². The summed E-state index contributed by atoms with van der Waals surface area (Å²) in [5, 5.41) is 10.4. The molecular weight excluding hydrogens is 240 g/mol. The van der Waals surface area contributed by atoms with Gasteiger partial charge in [-0.1, -0.05) is 53.7 Å². The molecule has 3 nitrogen and oxygen atoms in total. The first-order valence-electron chi connectivity index (χ1n) is 6.50. The van der Waals surface area contributed by atoms with Gasteiger partial charge in [0.25, 0.3) is 0 Å². The lowest BCUT2D eigenvalue weighted by Crippen LogP contribution is -2.18. The number of ether oxygens (including phenoxy) is 1. The highest BCUT2D eigenvalue weighted by Crippen LogP contribution is 2.43. The Bertz CT molecular complexity index is 488. The molecule has 0 unspecified atom stereocenters. The van der Waals surface area contributed by atoms with E-state index in [1.165, 1.54) is 6.92 Å². The summed E-state index contributed by atoms with van der Waals surface area (Å²) in [6, 6.07) is 3.83. The van der Waals surface area contributed by atoms with Gasteiger partial charge in [0, 0.05) is 18.1 Å². The number of rotatable bonds is 1. The number of carbonyl (C=O) groups excluding carboxylic acids is 1. The van der Waals surface area contributed by atoms with Crippen LogP contribution in [0.5, 0.6) is 11.5 Å². The molecule has 0 aliphatic carbocycles. The van der Waals surface area contributed by atoms with Gasteiger partial charge in [-0.15, -0.1) is 0 Å². The number of hydrogen-bond donors (Lipinski definition) is 1. The van der Waals surface area contributed by atoms with Crippen LogP contribution in [-0.2, 0) is 15.6 Å². The zero-order valence-electron chi connectivity index (χ0n) is 12.9. The van der Waals surface area contributed by atoms with Crippen molar-refractivity contribution in [1.29, 1.82) is 0 Å². The molecule has 3 heteroatoms. The van der Waals surface area contributed by atoms with Gasteiger partial charge >= 0.3 is 5.97 Å². The molecule has 0 fully saturated rings. The Morgan fingerprint density at radius 3 is 1.79 bits per heavy atom. The van der Waals surface area contributed by atoms with Crippen molar-refractivity contribution in [2.75, 3.05) is 0 Å². The molecule has 0 amide bonds. The Morgan fingerprint density at radius 2 is 1.42 bits per heavy atom. The van der Waals surface area contributed by atoms with E-state index in [0.29, 0.717) is 0 Å². The van der Waals surface area contributed by atoms with Gasteiger partial charge in [-0.05, 0) is 10.8 Å². The third-order valence-electron chi connectivity index (χ3n) is 2.99. The van der Waals surface area contributed by atoms with E-state index in [0.717, 1.165) is 11.1 Å². The van der Waals surface area contributed by atoms with Gasteiger partial charge in [-0.2, -0.15) is 0 Å². The summed E-state index contributed by atoms with van der Waals surface area (Å²) >= 11 is 0. The molecule has 0 radical (unpaired) electrons. The molecule has 0 heterocycles. The molecule has 0 spiro atoms. The average Bonchev–Trinajstić information content (AvgIpc) is 2.16. The molecule has 1 rings (SSSR count). The van der Waals surface area contributed by atoms with E-state index >= 15 is 0 Å². The lowest BCUT2D eigenvalue weighted by molar-refractivity contribution is -0.132. The van der Waals surface area contributed by atoms with E-state index in [1.54, 1.807) is 0 Å². The highest BCUT2D eigenvalue weighted by molar-refractivity contribution is 5.72. The summed E-state index contributed by atoms with van der Waals surface area (Å²) in [5.41, 5.74) is 1.18. The number of benzene rings is 1. The van der Waals surface area contributed by atoms with E-state index in [-0.39, 0.29) is 22.3 Å². The van der Waals surface area contributed by atoms with Crippen LogP contribution in [0.2, 0.25) is 0 Å². The summed E-state index contributed by atoms with van der Waals surface area (Å²) in [5.74, 6) is -0.0746. The quantitative estimate of drug-likeness (QED) is 0.618. The van der Waals surface area contributed by atoms with Crippen molar-refractivity contribution in [2.45, 2.75) is 59.3 Å². The lowest BCUT2D eigenvalue weighted by atomic mass is 9.81. The summed E-state index contributed by atoms with van der Waals surface area (Å²) in [4.78, 5) is 11.3. The largest absolute Gasteiger partial charge is 0.504 e. The summed E-state index contributed by atoms with van der Waals surface area (Å²) in [6.07, 6.45) is 0. The Labute approximate surface area is 115 Å². The van der Waals surface area contributed by atoms with Crippen molar-refractivity contribution in [3.63, 3.8) is 0 Å². The van der Waals surface area contributed by atoms with Gasteiger partial charge in [0.2, 0.25) is 0 Å². The predicted octanol–water partition coefficient (Wildman–Crippen LogP) is 3.91. The van der Waals surface area contributed by atoms with Gasteiger partial charge in [0.15, 0.2) is 11.5 Å². The molecule has 106 valence electrons. The minimum Gasteiger partial charge on any atom is -0.504 e. The maximum Gasteiger partial charge on any atom is 0.308 e. The number of esters is 1.